The molecule has 0 bridgehead atoms. The number of thiocarbonyl (C=S) groups is 1. The summed E-state index contributed by atoms with van der Waals surface area (Å²) >= 11 is 4.90. The van der Waals surface area contributed by atoms with Crippen molar-refractivity contribution in [3.8, 4) is 0 Å². The zero-order chi connectivity index (χ0) is 14.5. The van der Waals surface area contributed by atoms with Crippen LogP contribution in [0.3, 0.4) is 0 Å². The Hall–Kier alpha value is -1.67. The van der Waals surface area contributed by atoms with Crippen LogP contribution in [0.15, 0.2) is 10.7 Å². The largest absolute Gasteiger partial charge is 0.461 e. The number of hydrogen-bond donors (Lipinski definition) is 1. The van der Waals surface area contributed by atoms with Crippen LogP contribution in [0.4, 0.5) is 6.01 Å². The third-order valence-corrected chi connectivity index (χ3v) is 3.13. The second-order valence-corrected chi connectivity index (χ2v) is 4.99. The Bertz CT molecular complexity index is 483. The number of anilines is 1. The number of piperazine rings is 1. The van der Waals surface area contributed by atoms with Crippen molar-refractivity contribution in [2.75, 3.05) is 44.2 Å². The van der Waals surface area contributed by atoms with Gasteiger partial charge < -0.3 is 19.8 Å². The van der Waals surface area contributed by atoms with E-state index >= 15 is 0 Å². The minimum Gasteiger partial charge on any atom is -0.461 e. The fraction of sp³-hybridized carbons (Fsp3) is 0.583. The van der Waals surface area contributed by atoms with E-state index in [4.69, 9.17) is 27.1 Å². The third kappa shape index (κ3) is 3.67. The normalized spacial score (nSPS) is 16.1. The van der Waals surface area contributed by atoms with Gasteiger partial charge in [-0.25, -0.2) is 4.79 Å². The number of esters is 1. The summed E-state index contributed by atoms with van der Waals surface area (Å²) in [4.78, 5) is 20.3. The van der Waals surface area contributed by atoms with Gasteiger partial charge in [-0.1, -0.05) is 12.2 Å². The Balaban J connectivity index is 1.91. The number of carbonyl (C=O) groups is 1. The summed E-state index contributed by atoms with van der Waals surface area (Å²) in [5.74, 6) is -0.463. The second-order valence-electron chi connectivity index (χ2n) is 4.47. The average Bonchev–Trinajstić information content (AvgIpc) is 2.89. The summed E-state index contributed by atoms with van der Waals surface area (Å²) in [6, 6.07) is 0.447. The Kier molecular flexibility index (Phi) is 4.91. The minimum absolute atomic E-state index is 0.201. The highest BCUT2D eigenvalue weighted by atomic mass is 32.1. The Morgan fingerprint density at radius 3 is 2.80 bits per heavy atom. The van der Waals surface area contributed by atoms with Crippen LogP contribution in [0.2, 0.25) is 0 Å². The smallest absolute Gasteiger partial charge is 0.360 e. The molecule has 1 aromatic rings. The van der Waals surface area contributed by atoms with Crippen molar-refractivity contribution < 1.29 is 13.9 Å². The molecule has 1 aliphatic heterocycles. The highest BCUT2D eigenvalue weighted by molar-refractivity contribution is 7.80. The van der Waals surface area contributed by atoms with Gasteiger partial charge in [0.15, 0.2) is 5.69 Å². The summed E-state index contributed by atoms with van der Waals surface area (Å²) in [7, 11) is 0. The van der Waals surface area contributed by atoms with E-state index in [1.807, 2.05) is 4.90 Å². The monoisotopic (exact) mass is 298 g/mol. The highest BCUT2D eigenvalue weighted by Crippen LogP contribution is 2.16. The molecule has 2 N–H and O–H groups in total. The lowest BCUT2D eigenvalue weighted by Gasteiger charge is -2.33. The van der Waals surface area contributed by atoms with E-state index in [9.17, 15) is 4.79 Å². The number of nitrogens with two attached hydrogens (primary N) is 1. The quantitative estimate of drug-likeness (QED) is 0.612. The Morgan fingerprint density at radius 1 is 1.50 bits per heavy atom. The second kappa shape index (κ2) is 6.67. The predicted molar refractivity (Wildman–Crippen MR) is 77.9 cm³/mol. The SMILES string of the molecule is CCOC(=O)c1coc(N2CCN(CC(N)=S)CC2)n1. The van der Waals surface area contributed by atoms with Gasteiger partial charge in [-0.15, -0.1) is 0 Å². The zero-order valence-corrected chi connectivity index (χ0v) is 12.2. The molecule has 0 amide bonds. The molecule has 7 nitrogen and oxygen atoms in total. The fourth-order valence-electron chi connectivity index (χ4n) is 2.03. The molecule has 1 aliphatic rings. The van der Waals surface area contributed by atoms with Gasteiger partial charge in [0.1, 0.15) is 6.26 Å². The first-order valence-electron chi connectivity index (χ1n) is 6.48. The number of ether oxygens (including phenoxy) is 1. The van der Waals surface area contributed by atoms with Crippen molar-refractivity contribution >= 4 is 29.2 Å². The van der Waals surface area contributed by atoms with E-state index in [1.54, 1.807) is 6.92 Å². The lowest BCUT2D eigenvalue weighted by Crippen LogP contribution is -2.48. The van der Waals surface area contributed by atoms with E-state index in [2.05, 4.69) is 9.88 Å². The van der Waals surface area contributed by atoms with Gasteiger partial charge in [-0.2, -0.15) is 4.98 Å². The number of nitrogens with zero attached hydrogens (tertiary/aromatic N) is 3. The molecule has 0 radical (unpaired) electrons. The molecule has 2 rings (SSSR count). The van der Waals surface area contributed by atoms with Gasteiger partial charge in [0.2, 0.25) is 0 Å². The molecular weight excluding hydrogens is 280 g/mol. The standard InChI is InChI=1S/C12H18N4O3S/c1-2-18-11(17)9-8-19-12(14-9)16-5-3-15(4-6-16)7-10(13)20/h8H,2-7H2,1H3,(H2,13,20). The van der Waals surface area contributed by atoms with Crippen LogP contribution in [-0.4, -0.2) is 60.2 Å². The van der Waals surface area contributed by atoms with Crippen LogP contribution in [0.25, 0.3) is 0 Å². The van der Waals surface area contributed by atoms with Crippen LogP contribution >= 0.6 is 12.2 Å². The molecule has 1 saturated heterocycles. The van der Waals surface area contributed by atoms with Gasteiger partial charge in [0, 0.05) is 32.7 Å². The highest BCUT2D eigenvalue weighted by Gasteiger charge is 2.22. The number of aromatic nitrogens is 1. The molecular formula is C12H18N4O3S. The molecule has 1 fully saturated rings. The molecule has 0 saturated carbocycles. The van der Waals surface area contributed by atoms with Crippen LogP contribution in [0.1, 0.15) is 17.4 Å². The van der Waals surface area contributed by atoms with Gasteiger partial charge in [-0.3, -0.25) is 4.90 Å². The van der Waals surface area contributed by atoms with Crippen molar-refractivity contribution in [3.05, 3.63) is 12.0 Å². The van der Waals surface area contributed by atoms with Crippen LogP contribution in [0.5, 0.6) is 0 Å². The maximum atomic E-state index is 11.5. The summed E-state index contributed by atoms with van der Waals surface area (Å²) in [5.41, 5.74) is 5.73. The maximum absolute atomic E-state index is 11.5. The molecule has 2 heterocycles. The van der Waals surface area contributed by atoms with E-state index in [-0.39, 0.29) is 5.69 Å². The fourth-order valence-corrected chi connectivity index (χ4v) is 2.21. The summed E-state index contributed by atoms with van der Waals surface area (Å²) in [6.07, 6.45) is 1.33. The van der Waals surface area contributed by atoms with Gasteiger partial charge >= 0.3 is 5.97 Å². The first kappa shape index (κ1) is 14.7. The number of hydrogen-bond acceptors (Lipinski definition) is 7. The van der Waals surface area contributed by atoms with Crippen molar-refractivity contribution in [1.82, 2.24) is 9.88 Å². The topological polar surface area (TPSA) is 84.8 Å². The molecule has 0 unspecified atom stereocenters. The minimum atomic E-state index is -0.463. The van der Waals surface area contributed by atoms with E-state index in [0.717, 1.165) is 26.2 Å². The molecule has 0 spiro atoms. The molecule has 8 heteroatoms. The van der Waals surface area contributed by atoms with Crippen LogP contribution in [-0.2, 0) is 4.74 Å². The molecule has 110 valence electrons. The van der Waals surface area contributed by atoms with Crippen LogP contribution < -0.4 is 10.6 Å². The van der Waals surface area contributed by atoms with Crippen LogP contribution in [0, 0.1) is 0 Å². The average molecular weight is 298 g/mol. The number of rotatable bonds is 5. The van der Waals surface area contributed by atoms with Crippen molar-refractivity contribution in [3.63, 3.8) is 0 Å². The third-order valence-electron chi connectivity index (χ3n) is 3.00. The van der Waals surface area contributed by atoms with Gasteiger partial charge in [0.05, 0.1) is 11.6 Å². The Morgan fingerprint density at radius 2 is 2.20 bits per heavy atom. The lowest BCUT2D eigenvalue weighted by molar-refractivity contribution is 0.0519. The van der Waals surface area contributed by atoms with E-state index in [1.165, 1.54) is 6.26 Å². The predicted octanol–water partition coefficient (Wildman–Crippen LogP) is 0.259. The van der Waals surface area contributed by atoms with Crippen molar-refractivity contribution in [1.29, 1.82) is 0 Å². The van der Waals surface area contributed by atoms with Gasteiger partial charge in [0.25, 0.3) is 6.01 Å². The van der Waals surface area contributed by atoms with E-state index < -0.39 is 5.97 Å². The molecule has 20 heavy (non-hydrogen) atoms. The van der Waals surface area contributed by atoms with Gasteiger partial charge in [-0.05, 0) is 6.92 Å². The maximum Gasteiger partial charge on any atom is 0.360 e. The van der Waals surface area contributed by atoms with E-state index in [0.29, 0.717) is 24.2 Å². The van der Waals surface area contributed by atoms with Crippen molar-refractivity contribution in [2.24, 2.45) is 5.73 Å². The first-order valence-corrected chi connectivity index (χ1v) is 6.89. The molecule has 0 aromatic carbocycles. The summed E-state index contributed by atoms with van der Waals surface area (Å²) in [6.45, 7) is 5.86. The van der Waals surface area contributed by atoms with Crippen molar-refractivity contribution in [2.45, 2.75) is 6.92 Å². The lowest BCUT2D eigenvalue weighted by atomic mass is 10.3. The first-order chi connectivity index (χ1) is 9.60. The summed E-state index contributed by atoms with van der Waals surface area (Å²) < 4.78 is 10.2. The zero-order valence-electron chi connectivity index (χ0n) is 11.4. The Labute approximate surface area is 122 Å². The number of carbonyl (C=O) groups excluding carboxylic acids is 1. The summed E-state index contributed by atoms with van der Waals surface area (Å²) in [5, 5.41) is 0. The molecule has 1 aromatic heterocycles. The number of oxazole rings is 1. The molecule has 0 aliphatic carbocycles. The molecule has 0 atom stereocenters.